The molecule has 1 amide bonds. The van der Waals surface area contributed by atoms with E-state index in [1.165, 1.54) is 12.0 Å². The zero-order chi connectivity index (χ0) is 19.4. The van der Waals surface area contributed by atoms with Crippen LogP contribution in [0.15, 0.2) is 30.5 Å². The van der Waals surface area contributed by atoms with Crippen molar-refractivity contribution >= 4 is 17.5 Å². The Morgan fingerprint density at radius 1 is 1.30 bits per heavy atom. The van der Waals surface area contributed by atoms with Crippen molar-refractivity contribution in [2.24, 2.45) is 0 Å². The lowest BCUT2D eigenvalue weighted by Gasteiger charge is -2.35. The lowest BCUT2D eigenvalue weighted by molar-refractivity contribution is 0.0602. The zero-order valence-electron chi connectivity index (χ0n) is 16.8. The first-order chi connectivity index (χ1) is 13.0. The SMILES string of the molecule is CCC1CCCCN1C(=O)c1ccnc(Nc2c(C)cccc2C(C)C)n1. The summed E-state index contributed by atoms with van der Waals surface area (Å²) in [6.45, 7) is 9.38. The molecule has 1 aliphatic rings. The van der Waals surface area contributed by atoms with Crippen LogP contribution >= 0.6 is 0 Å². The van der Waals surface area contributed by atoms with Gasteiger partial charge >= 0.3 is 0 Å². The molecule has 3 rings (SSSR count). The molecule has 27 heavy (non-hydrogen) atoms. The minimum absolute atomic E-state index is 0.0147. The van der Waals surface area contributed by atoms with Crippen molar-refractivity contribution in [2.75, 3.05) is 11.9 Å². The Kier molecular flexibility index (Phi) is 6.09. The fraction of sp³-hybridized carbons (Fsp3) is 0.500. The standard InChI is InChI=1S/C22H30N4O/c1-5-17-10-6-7-14-26(17)21(27)19-12-13-23-22(24-19)25-20-16(4)9-8-11-18(20)15(2)3/h8-9,11-13,15,17H,5-7,10,14H2,1-4H3,(H,23,24,25). The number of hydrogen-bond acceptors (Lipinski definition) is 4. The van der Waals surface area contributed by atoms with Crippen LogP contribution in [0.5, 0.6) is 0 Å². The van der Waals surface area contributed by atoms with Gasteiger partial charge in [-0.2, -0.15) is 0 Å². The molecule has 144 valence electrons. The highest BCUT2D eigenvalue weighted by Crippen LogP contribution is 2.29. The summed E-state index contributed by atoms with van der Waals surface area (Å²) in [6.07, 6.45) is 6.01. The van der Waals surface area contributed by atoms with Crippen LogP contribution in [0.2, 0.25) is 0 Å². The second-order valence-corrected chi connectivity index (χ2v) is 7.64. The number of aromatic nitrogens is 2. The molecule has 1 aromatic carbocycles. The highest BCUT2D eigenvalue weighted by molar-refractivity contribution is 5.92. The summed E-state index contributed by atoms with van der Waals surface area (Å²) >= 11 is 0. The molecule has 0 radical (unpaired) electrons. The minimum Gasteiger partial charge on any atom is -0.334 e. The maximum Gasteiger partial charge on any atom is 0.272 e. The summed E-state index contributed by atoms with van der Waals surface area (Å²) in [4.78, 5) is 23.9. The van der Waals surface area contributed by atoms with Gasteiger partial charge in [-0.15, -0.1) is 0 Å². The molecule has 1 unspecified atom stereocenters. The van der Waals surface area contributed by atoms with Gasteiger partial charge in [-0.05, 0) is 55.7 Å². The number of para-hydroxylation sites is 1. The van der Waals surface area contributed by atoms with Crippen LogP contribution in [-0.4, -0.2) is 33.4 Å². The van der Waals surface area contributed by atoms with Gasteiger partial charge in [-0.3, -0.25) is 4.79 Å². The predicted molar refractivity (Wildman–Crippen MR) is 110 cm³/mol. The molecule has 2 heterocycles. The van der Waals surface area contributed by atoms with E-state index in [9.17, 15) is 4.79 Å². The molecule has 1 aromatic heterocycles. The lowest BCUT2D eigenvalue weighted by Crippen LogP contribution is -2.43. The van der Waals surface area contributed by atoms with Crippen molar-refractivity contribution in [3.63, 3.8) is 0 Å². The van der Waals surface area contributed by atoms with Gasteiger partial charge in [0.2, 0.25) is 5.95 Å². The molecule has 1 aliphatic heterocycles. The fourth-order valence-electron chi connectivity index (χ4n) is 3.83. The van der Waals surface area contributed by atoms with Gasteiger partial charge in [0.05, 0.1) is 0 Å². The first-order valence-corrected chi connectivity index (χ1v) is 10.0. The highest BCUT2D eigenvalue weighted by atomic mass is 16.2. The summed E-state index contributed by atoms with van der Waals surface area (Å²) < 4.78 is 0. The number of amides is 1. The molecule has 2 aromatic rings. The van der Waals surface area contributed by atoms with Crippen LogP contribution in [-0.2, 0) is 0 Å². The number of carbonyl (C=O) groups excluding carboxylic acids is 1. The number of aryl methyl sites for hydroxylation is 1. The summed E-state index contributed by atoms with van der Waals surface area (Å²) in [6, 6.07) is 8.30. The summed E-state index contributed by atoms with van der Waals surface area (Å²) in [5.41, 5.74) is 3.86. The summed E-state index contributed by atoms with van der Waals surface area (Å²) in [7, 11) is 0. The number of nitrogens with one attached hydrogen (secondary N) is 1. The maximum atomic E-state index is 13.0. The molecule has 0 saturated carbocycles. The fourth-order valence-corrected chi connectivity index (χ4v) is 3.83. The Labute approximate surface area is 162 Å². The van der Waals surface area contributed by atoms with Gasteiger partial charge in [0, 0.05) is 24.5 Å². The minimum atomic E-state index is 0.0147. The van der Waals surface area contributed by atoms with Gasteiger partial charge in [0.15, 0.2) is 0 Å². The Morgan fingerprint density at radius 3 is 2.85 bits per heavy atom. The van der Waals surface area contributed by atoms with E-state index >= 15 is 0 Å². The molecule has 1 saturated heterocycles. The maximum absolute atomic E-state index is 13.0. The number of likely N-dealkylation sites (tertiary alicyclic amines) is 1. The second-order valence-electron chi connectivity index (χ2n) is 7.64. The second kappa shape index (κ2) is 8.51. The molecule has 5 nitrogen and oxygen atoms in total. The number of benzene rings is 1. The average Bonchev–Trinajstić information content (AvgIpc) is 2.69. The number of hydrogen-bond donors (Lipinski definition) is 1. The van der Waals surface area contributed by atoms with Crippen molar-refractivity contribution in [3.8, 4) is 0 Å². The van der Waals surface area contributed by atoms with Crippen LogP contribution in [0.3, 0.4) is 0 Å². The van der Waals surface area contributed by atoms with E-state index in [1.807, 2.05) is 4.90 Å². The third-order valence-corrected chi connectivity index (χ3v) is 5.40. The number of nitrogens with zero attached hydrogens (tertiary/aromatic N) is 3. The Balaban J connectivity index is 1.85. The number of anilines is 2. The molecule has 1 atom stereocenters. The predicted octanol–water partition coefficient (Wildman–Crippen LogP) is 5.06. The third-order valence-electron chi connectivity index (χ3n) is 5.40. The molecule has 0 aliphatic carbocycles. The van der Waals surface area contributed by atoms with Crippen molar-refractivity contribution in [2.45, 2.75) is 65.3 Å². The Hall–Kier alpha value is -2.43. The largest absolute Gasteiger partial charge is 0.334 e. The Morgan fingerprint density at radius 2 is 2.11 bits per heavy atom. The van der Waals surface area contributed by atoms with E-state index in [-0.39, 0.29) is 5.91 Å². The van der Waals surface area contributed by atoms with Crippen molar-refractivity contribution in [1.82, 2.24) is 14.9 Å². The monoisotopic (exact) mass is 366 g/mol. The van der Waals surface area contributed by atoms with E-state index in [2.05, 4.69) is 61.2 Å². The van der Waals surface area contributed by atoms with Gasteiger partial charge in [-0.1, -0.05) is 39.0 Å². The molecule has 0 spiro atoms. The van der Waals surface area contributed by atoms with Crippen molar-refractivity contribution in [3.05, 3.63) is 47.3 Å². The van der Waals surface area contributed by atoms with Gasteiger partial charge < -0.3 is 10.2 Å². The molecule has 5 heteroatoms. The number of rotatable bonds is 5. The van der Waals surface area contributed by atoms with E-state index in [4.69, 9.17) is 0 Å². The summed E-state index contributed by atoms with van der Waals surface area (Å²) in [5.74, 6) is 0.874. The van der Waals surface area contributed by atoms with Crippen LogP contribution in [0, 0.1) is 6.92 Å². The Bertz CT molecular complexity index is 803. The van der Waals surface area contributed by atoms with E-state index < -0.39 is 0 Å². The van der Waals surface area contributed by atoms with Gasteiger partial charge in [0.1, 0.15) is 5.69 Å². The molecule has 1 fully saturated rings. The first kappa shape index (κ1) is 19.3. The van der Waals surface area contributed by atoms with E-state index in [1.54, 1.807) is 12.3 Å². The van der Waals surface area contributed by atoms with E-state index in [0.29, 0.717) is 23.6 Å². The number of carbonyl (C=O) groups is 1. The molecular weight excluding hydrogens is 336 g/mol. The normalized spacial score (nSPS) is 17.2. The zero-order valence-corrected chi connectivity index (χ0v) is 16.8. The topological polar surface area (TPSA) is 58.1 Å². The van der Waals surface area contributed by atoms with Crippen LogP contribution in [0.1, 0.15) is 74.0 Å². The third kappa shape index (κ3) is 4.29. The molecular formula is C22H30N4O. The van der Waals surface area contributed by atoms with Gasteiger partial charge in [-0.25, -0.2) is 9.97 Å². The molecule has 1 N–H and O–H groups in total. The van der Waals surface area contributed by atoms with Gasteiger partial charge in [0.25, 0.3) is 5.91 Å². The highest BCUT2D eigenvalue weighted by Gasteiger charge is 2.27. The quantitative estimate of drug-likeness (QED) is 0.804. The average molecular weight is 367 g/mol. The molecule has 0 bridgehead atoms. The van der Waals surface area contributed by atoms with Crippen LogP contribution in [0.25, 0.3) is 0 Å². The first-order valence-electron chi connectivity index (χ1n) is 10.0. The smallest absolute Gasteiger partial charge is 0.272 e. The lowest BCUT2D eigenvalue weighted by atomic mass is 9.98. The van der Waals surface area contributed by atoms with Crippen LogP contribution < -0.4 is 5.32 Å². The number of piperidine rings is 1. The van der Waals surface area contributed by atoms with Crippen molar-refractivity contribution in [1.29, 1.82) is 0 Å². The van der Waals surface area contributed by atoms with Crippen molar-refractivity contribution < 1.29 is 4.79 Å². The van der Waals surface area contributed by atoms with Crippen LogP contribution in [0.4, 0.5) is 11.6 Å². The van der Waals surface area contributed by atoms with E-state index in [0.717, 1.165) is 37.1 Å². The summed E-state index contributed by atoms with van der Waals surface area (Å²) in [5, 5.41) is 3.35.